The lowest BCUT2D eigenvalue weighted by atomic mass is 10.1. The van der Waals surface area contributed by atoms with E-state index in [0.717, 1.165) is 10.6 Å². The van der Waals surface area contributed by atoms with E-state index in [1.165, 1.54) is 27.3 Å². The van der Waals surface area contributed by atoms with Gasteiger partial charge in [0.05, 0.1) is 44.0 Å². The van der Waals surface area contributed by atoms with E-state index in [2.05, 4.69) is 15.0 Å². The normalized spacial score (nSPS) is 12.9. The van der Waals surface area contributed by atoms with Crippen molar-refractivity contribution in [3.8, 4) is 22.9 Å². The Kier molecular flexibility index (Phi) is 8.57. The molecule has 1 unspecified atom stereocenters. The van der Waals surface area contributed by atoms with Gasteiger partial charge in [0.2, 0.25) is 5.65 Å². The molecule has 2 amide bonds. The second-order valence-corrected chi connectivity index (χ2v) is 8.34. The summed E-state index contributed by atoms with van der Waals surface area (Å²) >= 11 is 0. The summed E-state index contributed by atoms with van der Waals surface area (Å²) in [6, 6.07) is -2.28. The summed E-state index contributed by atoms with van der Waals surface area (Å²) in [7, 11) is 2.85. The highest BCUT2D eigenvalue weighted by Gasteiger charge is 2.43. The molecule has 0 saturated heterocycles. The standard InChI is InChI=1S/C23H26F6N6O3/c1-5-34(21(36)33-18(23(27,28)29)6-7-22(24,25)26)11-14-8-15(17(37-3)9-30-14)16-12-35-10-13(2)31-19(35)20(32-16)38-4/h8-10,12,18H,5-7,11H2,1-4H3,(H,33,36). The molecule has 0 saturated carbocycles. The topological polar surface area (TPSA) is 93.9 Å². The van der Waals surface area contributed by atoms with Crippen molar-refractivity contribution in [1.82, 2.24) is 29.6 Å². The minimum atomic E-state index is -5.05. The van der Waals surface area contributed by atoms with Crippen molar-refractivity contribution in [1.29, 1.82) is 0 Å². The van der Waals surface area contributed by atoms with Crippen molar-refractivity contribution >= 4 is 11.7 Å². The Bertz CT molecular complexity index is 1280. The van der Waals surface area contributed by atoms with E-state index in [0.29, 0.717) is 22.7 Å². The molecule has 3 aromatic rings. The number of aryl methyl sites for hydroxylation is 1. The first-order valence-electron chi connectivity index (χ1n) is 11.4. The first-order chi connectivity index (χ1) is 17.7. The molecule has 0 spiro atoms. The monoisotopic (exact) mass is 548 g/mol. The average molecular weight is 548 g/mol. The van der Waals surface area contributed by atoms with E-state index < -0.39 is 37.3 Å². The van der Waals surface area contributed by atoms with Crippen LogP contribution in [-0.2, 0) is 6.54 Å². The van der Waals surface area contributed by atoms with E-state index in [9.17, 15) is 31.1 Å². The minimum absolute atomic E-state index is 0.0366. The maximum atomic E-state index is 13.3. The number of rotatable bonds is 9. The van der Waals surface area contributed by atoms with Gasteiger partial charge < -0.3 is 24.1 Å². The number of imidazole rings is 1. The second-order valence-electron chi connectivity index (χ2n) is 8.34. The highest BCUT2D eigenvalue weighted by molar-refractivity contribution is 5.75. The predicted molar refractivity (Wildman–Crippen MR) is 124 cm³/mol. The van der Waals surface area contributed by atoms with Gasteiger partial charge in [0.15, 0.2) is 0 Å². The zero-order valence-electron chi connectivity index (χ0n) is 20.9. The molecule has 0 aromatic carbocycles. The molecule has 3 heterocycles. The first kappa shape index (κ1) is 28.8. The van der Waals surface area contributed by atoms with Crippen LogP contribution in [0.3, 0.4) is 0 Å². The molecule has 0 bridgehead atoms. The zero-order valence-corrected chi connectivity index (χ0v) is 20.9. The molecule has 15 heteroatoms. The van der Waals surface area contributed by atoms with Crippen LogP contribution < -0.4 is 14.8 Å². The van der Waals surface area contributed by atoms with Crippen molar-refractivity contribution in [3.05, 3.63) is 36.0 Å². The van der Waals surface area contributed by atoms with E-state index >= 15 is 0 Å². The van der Waals surface area contributed by atoms with E-state index in [4.69, 9.17) is 9.47 Å². The van der Waals surface area contributed by atoms with Gasteiger partial charge in [0.25, 0.3) is 5.88 Å². The quantitative estimate of drug-likeness (QED) is 0.382. The third-order valence-corrected chi connectivity index (χ3v) is 5.57. The molecular weight excluding hydrogens is 522 g/mol. The number of pyridine rings is 1. The molecule has 0 radical (unpaired) electrons. The molecule has 1 N–H and O–H groups in total. The first-order valence-corrected chi connectivity index (χ1v) is 11.4. The van der Waals surface area contributed by atoms with Crippen molar-refractivity contribution in [3.63, 3.8) is 0 Å². The number of alkyl halides is 6. The van der Waals surface area contributed by atoms with Gasteiger partial charge >= 0.3 is 18.4 Å². The number of aromatic nitrogens is 4. The fourth-order valence-corrected chi connectivity index (χ4v) is 3.68. The van der Waals surface area contributed by atoms with E-state index in [1.807, 2.05) is 0 Å². The number of fused-ring (bicyclic) bond motifs is 1. The third kappa shape index (κ3) is 6.95. The average Bonchev–Trinajstić information content (AvgIpc) is 3.22. The molecule has 208 valence electrons. The molecule has 9 nitrogen and oxygen atoms in total. The van der Waals surface area contributed by atoms with Gasteiger partial charge in [0.1, 0.15) is 11.8 Å². The van der Waals surface area contributed by atoms with Crippen molar-refractivity contribution in [2.45, 2.75) is 51.6 Å². The van der Waals surface area contributed by atoms with Crippen LogP contribution in [0.4, 0.5) is 31.1 Å². The Hall–Kier alpha value is -3.78. The lowest BCUT2D eigenvalue weighted by Gasteiger charge is -2.27. The van der Waals surface area contributed by atoms with Gasteiger partial charge in [-0.15, -0.1) is 0 Å². The Balaban J connectivity index is 1.88. The molecule has 0 aliphatic heterocycles. The fourth-order valence-electron chi connectivity index (χ4n) is 3.68. The second kappa shape index (κ2) is 11.3. The van der Waals surface area contributed by atoms with Crippen LogP contribution in [0.5, 0.6) is 11.6 Å². The SMILES string of the molecule is CCN(Cc1cc(-c2cn3cc(C)nc3c(OC)n2)c(OC)cn1)C(=O)NC(CCC(F)(F)F)C(F)(F)F. The third-order valence-electron chi connectivity index (χ3n) is 5.57. The molecular formula is C23H26F6N6O3. The van der Waals surface area contributed by atoms with E-state index in [-0.39, 0.29) is 24.7 Å². The summed E-state index contributed by atoms with van der Waals surface area (Å²) in [6.45, 7) is 3.05. The number of ether oxygens (including phenoxy) is 2. The molecule has 38 heavy (non-hydrogen) atoms. The number of carbonyl (C=O) groups is 1. The van der Waals surface area contributed by atoms with Gasteiger partial charge in [-0.05, 0) is 26.3 Å². The predicted octanol–water partition coefficient (Wildman–Crippen LogP) is 4.92. The summed E-state index contributed by atoms with van der Waals surface area (Å²) < 4.78 is 89.8. The van der Waals surface area contributed by atoms with Crippen molar-refractivity contribution in [2.24, 2.45) is 0 Å². The van der Waals surface area contributed by atoms with Crippen LogP contribution in [-0.4, -0.2) is 69.4 Å². The smallest absolute Gasteiger partial charge is 0.408 e. The number of methoxy groups -OCH3 is 2. The number of halogens is 6. The molecule has 0 aliphatic carbocycles. The maximum Gasteiger partial charge on any atom is 0.408 e. The van der Waals surface area contributed by atoms with Crippen LogP contribution in [0.2, 0.25) is 0 Å². The van der Waals surface area contributed by atoms with Crippen LogP contribution in [0.25, 0.3) is 16.9 Å². The minimum Gasteiger partial charge on any atom is -0.494 e. The molecule has 0 aliphatic rings. The number of hydrogen-bond acceptors (Lipinski definition) is 6. The maximum absolute atomic E-state index is 13.3. The largest absolute Gasteiger partial charge is 0.494 e. The number of nitrogens with one attached hydrogen (secondary N) is 1. The molecule has 3 rings (SSSR count). The van der Waals surface area contributed by atoms with Crippen molar-refractivity contribution in [2.75, 3.05) is 20.8 Å². The number of amides is 2. The number of carbonyl (C=O) groups excluding carboxylic acids is 1. The highest BCUT2D eigenvalue weighted by atomic mass is 19.4. The van der Waals surface area contributed by atoms with E-state index in [1.54, 1.807) is 35.1 Å². The summed E-state index contributed by atoms with van der Waals surface area (Å²) in [5.74, 6) is 0.568. The van der Waals surface area contributed by atoms with Gasteiger partial charge in [-0.2, -0.15) is 26.3 Å². The fraction of sp³-hybridized carbons (Fsp3) is 0.478. The zero-order chi connectivity index (χ0) is 28.3. The van der Waals surface area contributed by atoms with Gasteiger partial charge in [-0.1, -0.05) is 0 Å². The van der Waals surface area contributed by atoms with Gasteiger partial charge in [-0.25, -0.2) is 14.8 Å². The highest BCUT2D eigenvalue weighted by Crippen LogP contribution is 2.32. The van der Waals surface area contributed by atoms with Crippen molar-refractivity contribution < 1.29 is 40.6 Å². The Labute approximate surface area is 213 Å². The molecule has 0 fully saturated rings. The summed E-state index contributed by atoms with van der Waals surface area (Å²) in [5, 5.41) is 1.68. The number of hydrogen-bond donors (Lipinski definition) is 1. The lowest BCUT2D eigenvalue weighted by Crippen LogP contribution is -2.50. The van der Waals surface area contributed by atoms with Crippen LogP contribution in [0, 0.1) is 6.92 Å². The van der Waals surface area contributed by atoms with Gasteiger partial charge in [0, 0.05) is 30.9 Å². The summed E-state index contributed by atoms with van der Waals surface area (Å²) in [5.41, 5.74) is 2.35. The summed E-state index contributed by atoms with van der Waals surface area (Å²) in [6.07, 6.45) is -8.06. The number of nitrogens with zero attached hydrogens (tertiary/aromatic N) is 5. The lowest BCUT2D eigenvalue weighted by molar-refractivity contribution is -0.171. The summed E-state index contributed by atoms with van der Waals surface area (Å²) in [4.78, 5) is 26.7. The Morgan fingerprint density at radius 2 is 1.84 bits per heavy atom. The van der Waals surface area contributed by atoms with Crippen LogP contribution in [0.15, 0.2) is 24.7 Å². The molecule has 1 atom stereocenters. The Morgan fingerprint density at radius 1 is 1.13 bits per heavy atom. The van der Waals surface area contributed by atoms with Crippen LogP contribution in [0.1, 0.15) is 31.2 Å². The van der Waals surface area contributed by atoms with Gasteiger partial charge in [-0.3, -0.25) is 4.98 Å². The Morgan fingerprint density at radius 3 is 2.42 bits per heavy atom. The molecule has 3 aromatic heterocycles. The van der Waals surface area contributed by atoms with Crippen LogP contribution >= 0.6 is 0 Å². The number of urea groups is 1.